The van der Waals surface area contributed by atoms with E-state index in [2.05, 4.69) is 32.3 Å². The summed E-state index contributed by atoms with van der Waals surface area (Å²) in [6.07, 6.45) is 0. The first-order valence-corrected chi connectivity index (χ1v) is 6.82. The molecule has 1 aromatic heterocycles. The van der Waals surface area contributed by atoms with Gasteiger partial charge in [-0.1, -0.05) is 12.1 Å². The van der Waals surface area contributed by atoms with E-state index in [0.29, 0.717) is 5.56 Å². The molecule has 0 aliphatic rings. The van der Waals surface area contributed by atoms with Gasteiger partial charge >= 0.3 is 0 Å². The topological polar surface area (TPSA) is 27.0 Å². The van der Waals surface area contributed by atoms with Gasteiger partial charge in [0.1, 0.15) is 6.07 Å². The molecule has 0 bridgehead atoms. The van der Waals surface area contributed by atoms with Crippen LogP contribution in [0.5, 0.6) is 0 Å². The molecule has 1 heterocycles. The maximum absolute atomic E-state index is 9.06. The molecule has 2 nitrogen and oxygen atoms in total. The van der Waals surface area contributed by atoms with Gasteiger partial charge in [0.25, 0.3) is 0 Å². The van der Waals surface area contributed by atoms with Crippen LogP contribution in [0.1, 0.15) is 10.4 Å². The summed E-state index contributed by atoms with van der Waals surface area (Å²) in [5.41, 5.74) is 1.68. The number of thiophene rings is 1. The monoisotopic (exact) mass is 306 g/mol. The van der Waals surface area contributed by atoms with Crippen LogP contribution in [0.4, 0.5) is 5.69 Å². The van der Waals surface area contributed by atoms with Crippen molar-refractivity contribution in [3.8, 4) is 6.07 Å². The smallest absolute Gasteiger partial charge is 0.101 e. The van der Waals surface area contributed by atoms with Gasteiger partial charge in [-0.25, -0.2) is 0 Å². The largest absolute Gasteiger partial charge is 0.368 e. The average molecular weight is 307 g/mol. The lowest BCUT2D eigenvalue weighted by Gasteiger charge is -2.19. The van der Waals surface area contributed by atoms with Crippen LogP contribution in [0.2, 0.25) is 0 Å². The number of nitriles is 1. The molecule has 4 heteroatoms. The number of halogens is 1. The fraction of sp³-hybridized carbons (Fsp3) is 0.154. The van der Waals surface area contributed by atoms with Gasteiger partial charge in [-0.15, -0.1) is 11.3 Å². The van der Waals surface area contributed by atoms with Gasteiger partial charge in [-0.05, 0) is 39.5 Å². The summed E-state index contributed by atoms with van der Waals surface area (Å²) in [5, 5.41) is 11.1. The summed E-state index contributed by atoms with van der Waals surface area (Å²) < 4.78 is 1.13. The molecule has 1 aromatic carbocycles. The van der Waals surface area contributed by atoms with Gasteiger partial charge in [0.15, 0.2) is 0 Å². The fourth-order valence-electron chi connectivity index (χ4n) is 1.64. The zero-order chi connectivity index (χ0) is 12.3. The Hall–Kier alpha value is -1.31. The van der Waals surface area contributed by atoms with Crippen LogP contribution >= 0.6 is 27.3 Å². The third-order valence-corrected chi connectivity index (χ3v) is 4.42. The van der Waals surface area contributed by atoms with Crippen LogP contribution in [-0.2, 0) is 6.54 Å². The van der Waals surface area contributed by atoms with Crippen LogP contribution < -0.4 is 4.90 Å². The maximum Gasteiger partial charge on any atom is 0.101 e. The number of rotatable bonds is 3. The van der Waals surface area contributed by atoms with Gasteiger partial charge in [0, 0.05) is 16.4 Å². The first-order chi connectivity index (χ1) is 8.22. The van der Waals surface area contributed by atoms with E-state index in [9.17, 15) is 0 Å². The van der Waals surface area contributed by atoms with Gasteiger partial charge < -0.3 is 4.90 Å². The first-order valence-electron chi connectivity index (χ1n) is 5.14. The minimum absolute atomic E-state index is 0.711. The Kier molecular flexibility index (Phi) is 3.82. The van der Waals surface area contributed by atoms with Crippen LogP contribution in [0.25, 0.3) is 0 Å². The molecule has 0 N–H and O–H groups in total. The van der Waals surface area contributed by atoms with E-state index in [-0.39, 0.29) is 0 Å². The van der Waals surface area contributed by atoms with E-state index in [0.717, 1.165) is 16.7 Å². The Morgan fingerprint density at radius 1 is 1.35 bits per heavy atom. The minimum Gasteiger partial charge on any atom is -0.368 e. The molecular weight excluding hydrogens is 296 g/mol. The molecule has 0 saturated heterocycles. The molecule has 0 unspecified atom stereocenters. The SMILES string of the molecule is CN(Cc1sccc1Br)c1ccccc1C#N. The lowest BCUT2D eigenvalue weighted by Crippen LogP contribution is -2.16. The summed E-state index contributed by atoms with van der Waals surface area (Å²) >= 11 is 5.24. The van der Waals surface area contributed by atoms with Crippen molar-refractivity contribution in [2.45, 2.75) is 6.54 Å². The van der Waals surface area contributed by atoms with E-state index in [1.165, 1.54) is 4.88 Å². The normalized spacial score (nSPS) is 9.94. The van der Waals surface area contributed by atoms with Crippen molar-refractivity contribution in [2.75, 3.05) is 11.9 Å². The second-order valence-electron chi connectivity index (χ2n) is 3.68. The highest BCUT2D eigenvalue weighted by atomic mass is 79.9. The number of benzene rings is 1. The van der Waals surface area contributed by atoms with Gasteiger partial charge in [-0.2, -0.15) is 5.26 Å². The second kappa shape index (κ2) is 5.35. The second-order valence-corrected chi connectivity index (χ2v) is 5.53. The predicted octanol–water partition coefficient (Wildman–Crippen LogP) is 4.02. The minimum atomic E-state index is 0.711. The molecule has 2 aromatic rings. The highest BCUT2D eigenvalue weighted by Gasteiger charge is 2.09. The predicted molar refractivity (Wildman–Crippen MR) is 75.3 cm³/mol. The van der Waals surface area contributed by atoms with Crippen molar-refractivity contribution in [1.29, 1.82) is 5.26 Å². The summed E-state index contributed by atoms with van der Waals surface area (Å²) in [4.78, 5) is 3.36. The van der Waals surface area contributed by atoms with Crippen LogP contribution in [0.15, 0.2) is 40.2 Å². The Balaban J connectivity index is 2.24. The van der Waals surface area contributed by atoms with E-state index >= 15 is 0 Å². The fourth-order valence-corrected chi connectivity index (χ4v) is 3.17. The Bertz CT molecular complexity index is 557. The summed E-state index contributed by atoms with van der Waals surface area (Å²) in [6, 6.07) is 11.9. The number of anilines is 1. The highest BCUT2D eigenvalue weighted by molar-refractivity contribution is 9.10. The molecular formula is C13H11BrN2S. The Labute approximate surface area is 113 Å². The maximum atomic E-state index is 9.06. The van der Waals surface area contributed by atoms with Crippen molar-refractivity contribution in [3.05, 3.63) is 50.6 Å². The van der Waals surface area contributed by atoms with Crippen molar-refractivity contribution in [2.24, 2.45) is 0 Å². The zero-order valence-corrected chi connectivity index (χ0v) is 11.8. The molecule has 0 amide bonds. The molecule has 86 valence electrons. The molecule has 0 atom stereocenters. The Morgan fingerprint density at radius 3 is 2.76 bits per heavy atom. The van der Waals surface area contributed by atoms with Crippen LogP contribution in [0.3, 0.4) is 0 Å². The quantitative estimate of drug-likeness (QED) is 0.856. The van der Waals surface area contributed by atoms with Crippen LogP contribution in [0, 0.1) is 11.3 Å². The number of hydrogen-bond donors (Lipinski definition) is 0. The number of hydrogen-bond acceptors (Lipinski definition) is 3. The summed E-state index contributed by atoms with van der Waals surface area (Å²) in [6.45, 7) is 0.803. The zero-order valence-electron chi connectivity index (χ0n) is 9.35. The molecule has 0 radical (unpaired) electrons. The lowest BCUT2D eigenvalue weighted by atomic mass is 10.2. The molecule has 0 spiro atoms. The number of nitrogens with zero attached hydrogens (tertiary/aromatic N) is 2. The molecule has 0 aliphatic heterocycles. The third kappa shape index (κ3) is 2.68. The summed E-state index contributed by atoms with van der Waals surface area (Å²) in [5.74, 6) is 0. The van der Waals surface area contributed by atoms with Crippen molar-refractivity contribution in [3.63, 3.8) is 0 Å². The highest BCUT2D eigenvalue weighted by Crippen LogP contribution is 2.27. The van der Waals surface area contributed by atoms with Gasteiger partial charge in [0.05, 0.1) is 17.8 Å². The van der Waals surface area contributed by atoms with Gasteiger partial charge in [0.2, 0.25) is 0 Å². The van der Waals surface area contributed by atoms with Gasteiger partial charge in [-0.3, -0.25) is 0 Å². The van der Waals surface area contributed by atoms with Crippen LogP contribution in [-0.4, -0.2) is 7.05 Å². The summed E-state index contributed by atoms with van der Waals surface area (Å²) in [7, 11) is 2.00. The van der Waals surface area contributed by atoms with E-state index in [1.54, 1.807) is 11.3 Å². The molecule has 0 aliphatic carbocycles. The Morgan fingerprint density at radius 2 is 2.12 bits per heavy atom. The third-order valence-electron chi connectivity index (χ3n) is 2.51. The average Bonchev–Trinajstić information content (AvgIpc) is 2.75. The van der Waals surface area contributed by atoms with E-state index < -0.39 is 0 Å². The van der Waals surface area contributed by atoms with Crippen molar-refractivity contribution >= 4 is 33.0 Å². The molecule has 0 saturated carbocycles. The first kappa shape index (κ1) is 12.2. The lowest BCUT2D eigenvalue weighted by molar-refractivity contribution is 0.934. The molecule has 0 fully saturated rings. The van der Waals surface area contributed by atoms with E-state index in [1.807, 2.05) is 37.4 Å². The molecule has 2 rings (SSSR count). The van der Waals surface area contributed by atoms with Crippen molar-refractivity contribution < 1.29 is 0 Å². The standard InChI is InChI=1S/C13H11BrN2S/c1-16(9-13-11(14)6-7-17-13)12-5-3-2-4-10(12)8-15/h2-7H,9H2,1H3. The number of para-hydroxylation sites is 1. The molecule has 17 heavy (non-hydrogen) atoms. The van der Waals surface area contributed by atoms with E-state index in [4.69, 9.17) is 5.26 Å². The van der Waals surface area contributed by atoms with Crippen molar-refractivity contribution in [1.82, 2.24) is 0 Å².